The van der Waals surface area contributed by atoms with Crippen molar-refractivity contribution >= 4 is 35.0 Å². The molecule has 0 radical (unpaired) electrons. The summed E-state index contributed by atoms with van der Waals surface area (Å²) in [6.45, 7) is 1.50. The summed E-state index contributed by atoms with van der Waals surface area (Å²) in [5.41, 5.74) is 2.54. The second-order valence-corrected chi connectivity index (χ2v) is 7.46. The molecule has 0 unspecified atom stereocenters. The van der Waals surface area contributed by atoms with Crippen LogP contribution in [0.2, 0.25) is 0 Å². The van der Waals surface area contributed by atoms with Gasteiger partial charge < -0.3 is 9.80 Å². The first kappa shape index (κ1) is 16.2. The summed E-state index contributed by atoms with van der Waals surface area (Å²) < 4.78 is 0. The van der Waals surface area contributed by atoms with Gasteiger partial charge in [-0.25, -0.2) is 0 Å². The number of para-hydroxylation sites is 1. The van der Waals surface area contributed by atoms with Crippen LogP contribution in [0.5, 0.6) is 0 Å². The van der Waals surface area contributed by atoms with Crippen LogP contribution in [0, 0.1) is 0 Å². The lowest BCUT2D eigenvalue weighted by atomic mass is 10.1. The van der Waals surface area contributed by atoms with Gasteiger partial charge in [-0.1, -0.05) is 12.1 Å². The van der Waals surface area contributed by atoms with Crippen molar-refractivity contribution in [2.24, 2.45) is 0 Å². The Labute approximate surface area is 151 Å². The van der Waals surface area contributed by atoms with E-state index in [-0.39, 0.29) is 11.8 Å². The predicted molar refractivity (Wildman–Crippen MR) is 101 cm³/mol. The molecule has 0 spiro atoms. The number of nitrogens with zero attached hydrogens (tertiary/aromatic N) is 2. The lowest BCUT2D eigenvalue weighted by Gasteiger charge is -2.23. The van der Waals surface area contributed by atoms with Gasteiger partial charge in [0.2, 0.25) is 5.91 Å². The maximum Gasteiger partial charge on any atom is 0.258 e. The Kier molecular flexibility index (Phi) is 4.49. The smallest absolute Gasteiger partial charge is 0.258 e. The third-order valence-corrected chi connectivity index (χ3v) is 5.83. The van der Waals surface area contributed by atoms with Gasteiger partial charge in [0.1, 0.15) is 0 Å². The zero-order chi connectivity index (χ0) is 17.2. The number of fused-ring (bicyclic) bond motifs is 1. The lowest BCUT2D eigenvalue weighted by Crippen LogP contribution is -2.32. The molecule has 0 aromatic heterocycles. The first-order valence-corrected chi connectivity index (χ1v) is 9.67. The molecule has 2 aliphatic rings. The second-order valence-electron chi connectivity index (χ2n) is 6.32. The van der Waals surface area contributed by atoms with Crippen LogP contribution in [0.3, 0.4) is 0 Å². The van der Waals surface area contributed by atoms with E-state index in [1.165, 1.54) is 0 Å². The van der Waals surface area contributed by atoms with Crippen LogP contribution in [-0.4, -0.2) is 30.7 Å². The highest BCUT2D eigenvalue weighted by molar-refractivity contribution is 7.99. The van der Waals surface area contributed by atoms with Gasteiger partial charge in [-0.3, -0.25) is 9.59 Å². The monoisotopic (exact) mass is 352 g/mol. The van der Waals surface area contributed by atoms with Crippen molar-refractivity contribution < 1.29 is 9.59 Å². The number of anilines is 2. The van der Waals surface area contributed by atoms with Gasteiger partial charge in [-0.2, -0.15) is 0 Å². The van der Waals surface area contributed by atoms with Crippen LogP contribution < -0.4 is 9.80 Å². The normalized spacial score (nSPS) is 17.4. The fraction of sp³-hybridized carbons (Fsp3) is 0.300. The van der Waals surface area contributed by atoms with Crippen LogP contribution >= 0.6 is 11.8 Å². The predicted octanol–water partition coefficient (Wildman–Crippen LogP) is 3.96. The van der Waals surface area contributed by atoms with Gasteiger partial charge in [-0.15, -0.1) is 11.8 Å². The summed E-state index contributed by atoms with van der Waals surface area (Å²) in [6, 6.07) is 15.5. The fourth-order valence-corrected chi connectivity index (χ4v) is 4.39. The Morgan fingerprint density at radius 1 is 0.960 bits per heavy atom. The quantitative estimate of drug-likeness (QED) is 0.821. The molecule has 4 rings (SSSR count). The molecule has 2 amide bonds. The molecule has 2 aliphatic heterocycles. The summed E-state index contributed by atoms with van der Waals surface area (Å²) in [6.07, 6.45) is 2.50. The first-order chi connectivity index (χ1) is 12.2. The van der Waals surface area contributed by atoms with Crippen LogP contribution in [0.4, 0.5) is 11.4 Å². The van der Waals surface area contributed by atoms with Gasteiger partial charge in [0.25, 0.3) is 5.91 Å². The van der Waals surface area contributed by atoms with Crippen molar-refractivity contribution in [2.45, 2.75) is 24.2 Å². The standard InChI is InChI=1S/C20H20N2O2S/c23-19-7-3-12-21(19)16-10-8-15(9-11-16)20(24)22-13-4-14-25-18-6-2-1-5-17(18)22/h1-2,5-6,8-11H,3-4,7,12-14H2. The molecule has 4 nitrogen and oxygen atoms in total. The summed E-state index contributed by atoms with van der Waals surface area (Å²) >= 11 is 1.81. The molecule has 2 aromatic rings. The van der Waals surface area contributed by atoms with E-state index in [9.17, 15) is 9.59 Å². The van der Waals surface area contributed by atoms with Gasteiger partial charge >= 0.3 is 0 Å². The van der Waals surface area contributed by atoms with E-state index in [1.54, 1.807) is 4.90 Å². The zero-order valence-corrected chi connectivity index (χ0v) is 14.8. The number of carbonyl (C=O) groups is 2. The van der Waals surface area contributed by atoms with E-state index in [1.807, 2.05) is 59.1 Å². The maximum absolute atomic E-state index is 13.0. The van der Waals surface area contributed by atoms with Crippen molar-refractivity contribution in [1.29, 1.82) is 0 Å². The van der Waals surface area contributed by atoms with Crippen molar-refractivity contribution in [3.8, 4) is 0 Å². The summed E-state index contributed by atoms with van der Waals surface area (Å²) in [4.78, 5) is 29.8. The number of amides is 2. The molecule has 5 heteroatoms. The average molecular weight is 352 g/mol. The van der Waals surface area contributed by atoms with E-state index < -0.39 is 0 Å². The minimum Gasteiger partial charge on any atom is -0.312 e. The van der Waals surface area contributed by atoms with Gasteiger partial charge in [0.15, 0.2) is 0 Å². The molecule has 2 heterocycles. The molecular formula is C20H20N2O2S. The van der Waals surface area contributed by atoms with Gasteiger partial charge in [-0.05, 0) is 55.0 Å². The average Bonchev–Trinajstić information content (AvgIpc) is 2.96. The number of benzene rings is 2. The Bertz CT molecular complexity index is 804. The molecule has 128 valence electrons. The lowest BCUT2D eigenvalue weighted by molar-refractivity contribution is -0.117. The maximum atomic E-state index is 13.0. The number of hydrogen-bond donors (Lipinski definition) is 0. The highest BCUT2D eigenvalue weighted by Crippen LogP contribution is 2.34. The van der Waals surface area contributed by atoms with Gasteiger partial charge in [0, 0.05) is 35.7 Å². The minimum absolute atomic E-state index is 0.0225. The van der Waals surface area contributed by atoms with Gasteiger partial charge in [0.05, 0.1) is 5.69 Å². The largest absolute Gasteiger partial charge is 0.312 e. The van der Waals surface area contributed by atoms with Crippen LogP contribution in [0.1, 0.15) is 29.6 Å². The molecule has 0 saturated carbocycles. The number of hydrogen-bond acceptors (Lipinski definition) is 3. The SMILES string of the molecule is O=C1CCCN1c1ccc(C(=O)N2CCCSc3ccccc32)cc1. The topological polar surface area (TPSA) is 40.6 Å². The third-order valence-electron chi connectivity index (χ3n) is 4.68. The fourth-order valence-electron chi connectivity index (χ4n) is 3.40. The summed E-state index contributed by atoms with van der Waals surface area (Å²) in [5.74, 6) is 1.21. The summed E-state index contributed by atoms with van der Waals surface area (Å²) in [5, 5.41) is 0. The van der Waals surface area contributed by atoms with E-state index in [4.69, 9.17) is 0 Å². The minimum atomic E-state index is 0.0225. The number of rotatable bonds is 2. The third kappa shape index (κ3) is 3.16. The van der Waals surface area contributed by atoms with Crippen molar-refractivity contribution in [3.05, 3.63) is 54.1 Å². The molecule has 0 atom stereocenters. The summed E-state index contributed by atoms with van der Waals surface area (Å²) in [7, 11) is 0. The Balaban J connectivity index is 1.59. The molecule has 1 fully saturated rings. The number of carbonyl (C=O) groups excluding carboxylic acids is 2. The highest BCUT2D eigenvalue weighted by atomic mass is 32.2. The molecule has 0 aliphatic carbocycles. The van der Waals surface area contributed by atoms with E-state index >= 15 is 0 Å². The molecule has 2 aromatic carbocycles. The van der Waals surface area contributed by atoms with E-state index in [0.29, 0.717) is 12.0 Å². The van der Waals surface area contributed by atoms with Crippen molar-refractivity contribution in [3.63, 3.8) is 0 Å². The number of thioether (sulfide) groups is 1. The molecule has 0 N–H and O–H groups in total. The first-order valence-electron chi connectivity index (χ1n) is 8.68. The molecular weight excluding hydrogens is 332 g/mol. The molecule has 1 saturated heterocycles. The van der Waals surface area contributed by atoms with E-state index in [0.717, 1.165) is 48.0 Å². The van der Waals surface area contributed by atoms with Crippen LogP contribution in [0.15, 0.2) is 53.4 Å². The Hall–Kier alpha value is -2.27. The molecule has 0 bridgehead atoms. The van der Waals surface area contributed by atoms with Crippen LogP contribution in [-0.2, 0) is 4.79 Å². The Morgan fingerprint density at radius 3 is 2.52 bits per heavy atom. The van der Waals surface area contributed by atoms with Crippen molar-refractivity contribution in [1.82, 2.24) is 0 Å². The zero-order valence-electron chi connectivity index (χ0n) is 14.0. The van der Waals surface area contributed by atoms with E-state index in [2.05, 4.69) is 6.07 Å². The van der Waals surface area contributed by atoms with Crippen LogP contribution in [0.25, 0.3) is 0 Å². The van der Waals surface area contributed by atoms with Crippen molar-refractivity contribution in [2.75, 3.05) is 28.6 Å². The Morgan fingerprint density at radius 2 is 1.76 bits per heavy atom. The second kappa shape index (κ2) is 6.92. The highest BCUT2D eigenvalue weighted by Gasteiger charge is 2.24. The molecule has 25 heavy (non-hydrogen) atoms.